The summed E-state index contributed by atoms with van der Waals surface area (Å²) in [4.78, 5) is 15.8. The normalized spacial score (nSPS) is 11.6. The van der Waals surface area contributed by atoms with Gasteiger partial charge in [-0.25, -0.2) is 14.5 Å². The van der Waals surface area contributed by atoms with Crippen LogP contribution in [0.15, 0.2) is 10.6 Å². The molecule has 0 N–H and O–H groups in total. The minimum atomic E-state index is -0.569. The molecule has 0 aliphatic rings. The third-order valence-electron chi connectivity index (χ3n) is 2.57. The van der Waals surface area contributed by atoms with E-state index in [0.717, 1.165) is 5.76 Å². The van der Waals surface area contributed by atoms with Crippen LogP contribution in [0, 0.1) is 0 Å². The van der Waals surface area contributed by atoms with E-state index in [2.05, 4.69) is 20.5 Å². The molecule has 0 aliphatic carbocycles. The van der Waals surface area contributed by atoms with E-state index in [0.29, 0.717) is 5.89 Å². The minimum absolute atomic E-state index is 0.0300. The molecule has 0 aromatic carbocycles. The maximum atomic E-state index is 11.6. The Bertz CT molecular complexity index is 596. The summed E-state index contributed by atoms with van der Waals surface area (Å²) >= 11 is 0. The van der Waals surface area contributed by atoms with Gasteiger partial charge in [0.1, 0.15) is 12.3 Å². The number of aromatic nitrogens is 5. The molecule has 0 saturated carbocycles. The van der Waals surface area contributed by atoms with E-state index in [1.54, 1.807) is 13.1 Å². The van der Waals surface area contributed by atoms with Crippen LogP contribution < -0.4 is 0 Å². The van der Waals surface area contributed by atoms with Crippen molar-refractivity contribution in [2.24, 2.45) is 0 Å². The van der Waals surface area contributed by atoms with Gasteiger partial charge in [0.25, 0.3) is 5.82 Å². The van der Waals surface area contributed by atoms with Crippen molar-refractivity contribution in [3.8, 4) is 0 Å². The quantitative estimate of drug-likeness (QED) is 0.775. The molecule has 0 bridgehead atoms. The molecule has 0 spiro atoms. The Labute approximate surface area is 116 Å². The van der Waals surface area contributed by atoms with Crippen molar-refractivity contribution in [3.05, 3.63) is 23.7 Å². The summed E-state index contributed by atoms with van der Waals surface area (Å²) in [6.45, 7) is 8.24. The average Bonchev–Trinajstić information content (AvgIpc) is 2.98. The second kappa shape index (κ2) is 5.40. The average molecular weight is 279 g/mol. The van der Waals surface area contributed by atoms with Gasteiger partial charge in [0, 0.05) is 5.41 Å². The zero-order valence-electron chi connectivity index (χ0n) is 12.0. The summed E-state index contributed by atoms with van der Waals surface area (Å²) in [7, 11) is 0. The highest BCUT2D eigenvalue weighted by Crippen LogP contribution is 2.22. The first-order valence-electron chi connectivity index (χ1n) is 6.30. The van der Waals surface area contributed by atoms with Gasteiger partial charge in [0.2, 0.25) is 5.89 Å². The Morgan fingerprint density at radius 3 is 2.80 bits per heavy atom. The standard InChI is InChI=1S/C12H17N5O3/c1-5-19-11(18)10-14-15-16-17(10)7-9-13-6-8(20-9)12(2,3)4/h6H,5,7H2,1-4H3. The van der Waals surface area contributed by atoms with Gasteiger partial charge in [-0.2, -0.15) is 0 Å². The fourth-order valence-corrected chi connectivity index (χ4v) is 1.51. The zero-order valence-corrected chi connectivity index (χ0v) is 12.0. The van der Waals surface area contributed by atoms with Gasteiger partial charge in [-0.3, -0.25) is 0 Å². The number of hydrogen-bond donors (Lipinski definition) is 0. The van der Waals surface area contributed by atoms with Crippen LogP contribution in [0.25, 0.3) is 0 Å². The first kappa shape index (κ1) is 14.2. The Balaban J connectivity index is 2.17. The number of oxazole rings is 1. The van der Waals surface area contributed by atoms with E-state index in [9.17, 15) is 4.79 Å². The molecule has 2 heterocycles. The van der Waals surface area contributed by atoms with Crippen LogP contribution in [0.1, 0.15) is 50.0 Å². The zero-order chi connectivity index (χ0) is 14.8. The first-order chi connectivity index (χ1) is 9.41. The van der Waals surface area contributed by atoms with Gasteiger partial charge >= 0.3 is 5.97 Å². The molecule has 2 aromatic heterocycles. The second-order valence-corrected chi connectivity index (χ2v) is 5.25. The van der Waals surface area contributed by atoms with Crippen molar-refractivity contribution < 1.29 is 13.9 Å². The van der Waals surface area contributed by atoms with Gasteiger partial charge in [0.15, 0.2) is 0 Å². The Morgan fingerprint density at radius 2 is 2.20 bits per heavy atom. The van der Waals surface area contributed by atoms with E-state index in [1.807, 2.05) is 20.8 Å². The Kier molecular flexibility index (Phi) is 3.82. The number of hydrogen-bond acceptors (Lipinski definition) is 7. The van der Waals surface area contributed by atoms with Crippen molar-refractivity contribution >= 4 is 5.97 Å². The number of carbonyl (C=O) groups excluding carboxylic acids is 1. The third-order valence-corrected chi connectivity index (χ3v) is 2.57. The number of ether oxygens (including phenoxy) is 1. The lowest BCUT2D eigenvalue weighted by Crippen LogP contribution is -2.15. The summed E-state index contributed by atoms with van der Waals surface area (Å²) in [5, 5.41) is 10.9. The summed E-state index contributed by atoms with van der Waals surface area (Å²) in [5.41, 5.74) is -0.129. The molecule has 2 aromatic rings. The van der Waals surface area contributed by atoms with E-state index in [4.69, 9.17) is 9.15 Å². The highest BCUT2D eigenvalue weighted by Gasteiger charge is 2.21. The molecule has 0 atom stereocenters. The smallest absolute Gasteiger partial charge is 0.378 e. The van der Waals surface area contributed by atoms with Gasteiger partial charge in [-0.15, -0.1) is 5.10 Å². The SMILES string of the molecule is CCOC(=O)c1nnnn1Cc1ncc(C(C)(C)C)o1. The predicted molar refractivity (Wildman–Crippen MR) is 68.1 cm³/mol. The molecule has 0 fully saturated rings. The highest BCUT2D eigenvalue weighted by molar-refractivity contribution is 5.85. The number of tetrazole rings is 1. The Hall–Kier alpha value is -2.25. The molecule has 20 heavy (non-hydrogen) atoms. The van der Waals surface area contributed by atoms with Crippen LogP contribution in [0.3, 0.4) is 0 Å². The lowest BCUT2D eigenvalue weighted by Gasteiger charge is -2.13. The lowest BCUT2D eigenvalue weighted by atomic mass is 9.94. The van der Waals surface area contributed by atoms with Gasteiger partial charge in [-0.1, -0.05) is 20.8 Å². The van der Waals surface area contributed by atoms with E-state index >= 15 is 0 Å². The van der Waals surface area contributed by atoms with Crippen molar-refractivity contribution in [1.82, 2.24) is 25.2 Å². The molecule has 2 rings (SSSR count). The predicted octanol–water partition coefficient (Wildman–Crippen LogP) is 1.18. The number of esters is 1. The topological polar surface area (TPSA) is 95.9 Å². The van der Waals surface area contributed by atoms with E-state index < -0.39 is 5.97 Å². The van der Waals surface area contributed by atoms with Crippen molar-refractivity contribution in [2.45, 2.75) is 39.7 Å². The maximum Gasteiger partial charge on any atom is 0.378 e. The van der Waals surface area contributed by atoms with Crippen molar-refractivity contribution in [2.75, 3.05) is 6.61 Å². The summed E-state index contributed by atoms with van der Waals surface area (Å²) in [6, 6.07) is 0. The van der Waals surface area contributed by atoms with Crippen LogP contribution in [0.5, 0.6) is 0 Å². The summed E-state index contributed by atoms with van der Waals surface area (Å²) in [6.07, 6.45) is 1.67. The van der Waals surface area contributed by atoms with E-state index in [1.165, 1.54) is 4.68 Å². The van der Waals surface area contributed by atoms with Crippen molar-refractivity contribution in [1.29, 1.82) is 0 Å². The number of nitrogens with zero attached hydrogens (tertiary/aromatic N) is 5. The molecule has 8 nitrogen and oxygen atoms in total. The first-order valence-corrected chi connectivity index (χ1v) is 6.30. The van der Waals surface area contributed by atoms with Crippen LogP contribution in [-0.2, 0) is 16.7 Å². The largest absolute Gasteiger partial charge is 0.460 e. The maximum absolute atomic E-state index is 11.6. The van der Waals surface area contributed by atoms with Gasteiger partial charge in [-0.05, 0) is 17.4 Å². The second-order valence-electron chi connectivity index (χ2n) is 5.25. The fourth-order valence-electron chi connectivity index (χ4n) is 1.51. The van der Waals surface area contributed by atoms with Crippen LogP contribution in [-0.4, -0.2) is 37.8 Å². The number of rotatable bonds is 4. The third kappa shape index (κ3) is 3.01. The molecule has 0 aliphatic heterocycles. The molecule has 0 radical (unpaired) electrons. The molecule has 8 heteroatoms. The highest BCUT2D eigenvalue weighted by atomic mass is 16.5. The minimum Gasteiger partial charge on any atom is -0.460 e. The van der Waals surface area contributed by atoms with Gasteiger partial charge in [0.05, 0.1) is 12.8 Å². The lowest BCUT2D eigenvalue weighted by molar-refractivity contribution is 0.0504. The van der Waals surface area contributed by atoms with Crippen LogP contribution in [0.4, 0.5) is 0 Å². The van der Waals surface area contributed by atoms with Gasteiger partial charge < -0.3 is 9.15 Å². The fraction of sp³-hybridized carbons (Fsp3) is 0.583. The molecule has 0 saturated heterocycles. The van der Waals surface area contributed by atoms with Crippen LogP contribution >= 0.6 is 0 Å². The van der Waals surface area contributed by atoms with Crippen molar-refractivity contribution in [3.63, 3.8) is 0 Å². The molecule has 0 amide bonds. The number of carbonyl (C=O) groups is 1. The summed E-state index contributed by atoms with van der Waals surface area (Å²) < 4.78 is 11.8. The Morgan fingerprint density at radius 1 is 1.45 bits per heavy atom. The molecule has 108 valence electrons. The van der Waals surface area contributed by atoms with E-state index in [-0.39, 0.29) is 24.4 Å². The summed E-state index contributed by atoms with van der Waals surface area (Å²) in [5.74, 6) is 0.661. The monoisotopic (exact) mass is 279 g/mol. The van der Waals surface area contributed by atoms with Crippen LogP contribution in [0.2, 0.25) is 0 Å². The molecular formula is C12H17N5O3. The molecule has 0 unspecified atom stereocenters. The molecular weight excluding hydrogens is 262 g/mol.